The lowest BCUT2D eigenvalue weighted by atomic mass is 9.98. The Morgan fingerprint density at radius 3 is 2.74 bits per heavy atom. The molecule has 6 nitrogen and oxygen atoms in total. The number of fused-ring (bicyclic) bond motifs is 2. The SMILES string of the molecule is COc1cc(-c2nc3ccccc3s2)ccc1OCCCOc1ccc2c(c1)CC[C@H]2CC(=O)O. The maximum Gasteiger partial charge on any atom is 0.303 e. The molecular formula is C28H27NO5S. The number of para-hydroxylation sites is 1. The first kappa shape index (κ1) is 23.2. The van der Waals surface area contributed by atoms with Crippen molar-refractivity contribution in [3.8, 4) is 27.8 Å². The summed E-state index contributed by atoms with van der Waals surface area (Å²) in [6.07, 6.45) is 2.70. The lowest BCUT2D eigenvalue weighted by Gasteiger charge is -2.13. The summed E-state index contributed by atoms with van der Waals surface area (Å²) >= 11 is 1.66. The Labute approximate surface area is 208 Å². The number of hydrogen-bond acceptors (Lipinski definition) is 6. The van der Waals surface area contributed by atoms with Gasteiger partial charge in [-0.3, -0.25) is 4.79 Å². The summed E-state index contributed by atoms with van der Waals surface area (Å²) in [6, 6.07) is 20.0. The van der Waals surface area contributed by atoms with Gasteiger partial charge < -0.3 is 19.3 Å². The Morgan fingerprint density at radius 1 is 1.06 bits per heavy atom. The number of carbonyl (C=O) groups is 1. The molecule has 1 aliphatic rings. The normalized spacial score (nSPS) is 14.6. The summed E-state index contributed by atoms with van der Waals surface area (Å²) in [5.74, 6) is 1.56. The van der Waals surface area contributed by atoms with E-state index in [0.29, 0.717) is 24.7 Å². The molecule has 1 atom stereocenters. The van der Waals surface area contributed by atoms with Crippen LogP contribution in [0.4, 0.5) is 0 Å². The molecule has 0 amide bonds. The van der Waals surface area contributed by atoms with Gasteiger partial charge in [-0.2, -0.15) is 0 Å². The molecule has 0 bridgehead atoms. The van der Waals surface area contributed by atoms with Crippen molar-refractivity contribution < 1.29 is 24.1 Å². The summed E-state index contributed by atoms with van der Waals surface area (Å²) in [7, 11) is 1.64. The standard InChI is InChI=1S/C28H27NO5S/c1-32-25-16-20(28-29-23-5-2-3-6-26(23)35-28)9-12-24(25)34-14-4-13-33-21-10-11-22-18(15-21)7-8-19(22)17-27(30)31/h2-3,5-6,9-12,15-16,19H,4,7-8,13-14,17H2,1H3,(H,30,31)/t19-/m0/s1. The van der Waals surface area contributed by atoms with Gasteiger partial charge in [0, 0.05) is 12.0 Å². The molecule has 0 saturated heterocycles. The fraction of sp³-hybridized carbons (Fsp3) is 0.286. The molecule has 0 fully saturated rings. The Bertz CT molecular complexity index is 1320. The maximum absolute atomic E-state index is 11.0. The third-order valence-corrected chi connectivity index (χ3v) is 7.34. The van der Waals surface area contributed by atoms with E-state index in [1.165, 1.54) is 5.56 Å². The fourth-order valence-corrected chi connectivity index (χ4v) is 5.50. The van der Waals surface area contributed by atoms with E-state index in [1.54, 1.807) is 18.4 Å². The molecule has 180 valence electrons. The van der Waals surface area contributed by atoms with E-state index in [9.17, 15) is 4.79 Å². The van der Waals surface area contributed by atoms with E-state index in [2.05, 4.69) is 6.07 Å². The monoisotopic (exact) mass is 489 g/mol. The molecule has 7 heteroatoms. The molecule has 1 heterocycles. The molecule has 0 saturated carbocycles. The van der Waals surface area contributed by atoms with E-state index in [4.69, 9.17) is 24.3 Å². The molecule has 0 aliphatic heterocycles. The zero-order valence-electron chi connectivity index (χ0n) is 19.5. The second kappa shape index (κ2) is 10.4. The summed E-state index contributed by atoms with van der Waals surface area (Å²) in [4.78, 5) is 15.8. The average molecular weight is 490 g/mol. The second-order valence-corrected chi connectivity index (χ2v) is 9.63. The predicted molar refractivity (Wildman–Crippen MR) is 137 cm³/mol. The van der Waals surface area contributed by atoms with E-state index < -0.39 is 5.97 Å². The molecule has 1 aliphatic carbocycles. The zero-order valence-corrected chi connectivity index (χ0v) is 20.3. The minimum atomic E-state index is -0.744. The number of hydrogen-bond donors (Lipinski definition) is 1. The first-order valence-corrected chi connectivity index (χ1v) is 12.6. The van der Waals surface area contributed by atoms with Crippen LogP contribution in [0.5, 0.6) is 17.2 Å². The van der Waals surface area contributed by atoms with Gasteiger partial charge in [0.05, 0.1) is 37.0 Å². The van der Waals surface area contributed by atoms with Crippen LogP contribution in [0.1, 0.15) is 36.3 Å². The van der Waals surface area contributed by atoms with Gasteiger partial charge in [0.25, 0.3) is 0 Å². The van der Waals surface area contributed by atoms with Crippen molar-refractivity contribution >= 4 is 27.5 Å². The van der Waals surface area contributed by atoms with Crippen LogP contribution in [0.2, 0.25) is 0 Å². The van der Waals surface area contributed by atoms with Crippen molar-refractivity contribution in [2.24, 2.45) is 0 Å². The van der Waals surface area contributed by atoms with Crippen molar-refractivity contribution in [3.05, 3.63) is 71.8 Å². The van der Waals surface area contributed by atoms with Gasteiger partial charge in [0.1, 0.15) is 10.8 Å². The molecule has 0 radical (unpaired) electrons. The number of aliphatic carboxylic acids is 1. The van der Waals surface area contributed by atoms with E-state index >= 15 is 0 Å². The van der Waals surface area contributed by atoms with E-state index in [1.807, 2.05) is 54.6 Å². The van der Waals surface area contributed by atoms with Gasteiger partial charge in [-0.15, -0.1) is 11.3 Å². The van der Waals surface area contributed by atoms with Crippen LogP contribution in [0.15, 0.2) is 60.7 Å². The number of nitrogens with zero attached hydrogens (tertiary/aromatic N) is 1. The molecule has 4 aromatic rings. The number of ether oxygens (including phenoxy) is 3. The molecule has 5 rings (SSSR count). The predicted octanol–water partition coefficient (Wildman–Crippen LogP) is 6.32. The lowest BCUT2D eigenvalue weighted by Crippen LogP contribution is -2.06. The van der Waals surface area contributed by atoms with E-state index in [-0.39, 0.29) is 12.3 Å². The van der Waals surface area contributed by atoms with Crippen LogP contribution in [-0.2, 0) is 11.2 Å². The number of aryl methyl sites for hydroxylation is 1. The number of thiazole rings is 1. The highest BCUT2D eigenvalue weighted by Gasteiger charge is 2.24. The molecule has 3 aromatic carbocycles. The average Bonchev–Trinajstić information content (AvgIpc) is 3.47. The Hall–Kier alpha value is -3.58. The first-order valence-electron chi connectivity index (χ1n) is 11.7. The number of methoxy groups -OCH3 is 1. The molecule has 35 heavy (non-hydrogen) atoms. The maximum atomic E-state index is 11.0. The third-order valence-electron chi connectivity index (χ3n) is 6.26. The van der Waals surface area contributed by atoms with Crippen LogP contribution < -0.4 is 14.2 Å². The highest BCUT2D eigenvalue weighted by molar-refractivity contribution is 7.21. The molecule has 1 N–H and O–H groups in total. The van der Waals surface area contributed by atoms with Crippen molar-refractivity contribution in [2.75, 3.05) is 20.3 Å². The van der Waals surface area contributed by atoms with E-state index in [0.717, 1.165) is 51.4 Å². The second-order valence-electron chi connectivity index (χ2n) is 8.60. The largest absolute Gasteiger partial charge is 0.493 e. The number of aromatic nitrogens is 1. The summed E-state index contributed by atoms with van der Waals surface area (Å²) in [5.41, 5.74) is 4.34. The molecule has 1 aromatic heterocycles. The topological polar surface area (TPSA) is 77.9 Å². The number of carboxylic acid groups (broad SMARTS) is 1. The molecule has 0 spiro atoms. The minimum Gasteiger partial charge on any atom is -0.493 e. The number of carboxylic acids is 1. The Balaban J connectivity index is 1.14. The Morgan fingerprint density at radius 2 is 1.91 bits per heavy atom. The van der Waals surface area contributed by atoms with Gasteiger partial charge in [-0.1, -0.05) is 18.2 Å². The van der Waals surface area contributed by atoms with Crippen LogP contribution in [0.25, 0.3) is 20.8 Å². The zero-order chi connectivity index (χ0) is 24.2. The minimum absolute atomic E-state index is 0.112. The van der Waals surface area contributed by atoms with Crippen LogP contribution in [0.3, 0.4) is 0 Å². The van der Waals surface area contributed by atoms with Crippen LogP contribution in [-0.4, -0.2) is 36.4 Å². The van der Waals surface area contributed by atoms with Gasteiger partial charge in [0.2, 0.25) is 0 Å². The van der Waals surface area contributed by atoms with Crippen molar-refractivity contribution in [2.45, 2.75) is 31.6 Å². The highest BCUT2D eigenvalue weighted by atomic mass is 32.1. The summed E-state index contributed by atoms with van der Waals surface area (Å²) in [5, 5.41) is 10.0. The van der Waals surface area contributed by atoms with Crippen molar-refractivity contribution in [1.82, 2.24) is 4.98 Å². The number of benzene rings is 3. The van der Waals surface area contributed by atoms with Crippen LogP contribution in [0, 0.1) is 0 Å². The van der Waals surface area contributed by atoms with Gasteiger partial charge in [-0.05, 0) is 72.4 Å². The van der Waals surface area contributed by atoms with Crippen LogP contribution >= 0.6 is 11.3 Å². The summed E-state index contributed by atoms with van der Waals surface area (Å²) < 4.78 is 18.6. The van der Waals surface area contributed by atoms with Gasteiger partial charge in [-0.25, -0.2) is 4.98 Å². The first-order chi connectivity index (χ1) is 17.1. The quantitative estimate of drug-likeness (QED) is 0.263. The van der Waals surface area contributed by atoms with Gasteiger partial charge >= 0.3 is 5.97 Å². The van der Waals surface area contributed by atoms with Crippen molar-refractivity contribution in [3.63, 3.8) is 0 Å². The fourth-order valence-electron chi connectivity index (χ4n) is 4.54. The lowest BCUT2D eigenvalue weighted by molar-refractivity contribution is -0.137. The van der Waals surface area contributed by atoms with Gasteiger partial charge in [0.15, 0.2) is 11.5 Å². The Kier molecular flexibility index (Phi) is 6.86. The third kappa shape index (κ3) is 5.25. The van der Waals surface area contributed by atoms with Crippen molar-refractivity contribution in [1.29, 1.82) is 0 Å². The molecular weight excluding hydrogens is 462 g/mol. The smallest absolute Gasteiger partial charge is 0.303 e. The highest BCUT2D eigenvalue weighted by Crippen LogP contribution is 2.38. The summed E-state index contributed by atoms with van der Waals surface area (Å²) in [6.45, 7) is 1.03. The number of rotatable bonds is 10. The molecule has 0 unspecified atom stereocenters.